The van der Waals surface area contributed by atoms with Crippen LogP contribution in [0.3, 0.4) is 0 Å². The van der Waals surface area contributed by atoms with Crippen molar-refractivity contribution in [3.63, 3.8) is 0 Å². The zero-order valence-corrected chi connectivity index (χ0v) is 9.34. The number of hydrogen-bond donors (Lipinski definition) is 0. The zero-order chi connectivity index (χ0) is 10.3. The summed E-state index contributed by atoms with van der Waals surface area (Å²) >= 11 is 11.8. The van der Waals surface area contributed by atoms with E-state index in [0.29, 0.717) is 10.4 Å². The van der Waals surface area contributed by atoms with E-state index >= 15 is 0 Å². The molecule has 3 nitrogen and oxygen atoms in total. The van der Waals surface area contributed by atoms with Gasteiger partial charge in [-0.1, -0.05) is 11.6 Å². The maximum Gasteiger partial charge on any atom is 0.204 e. The van der Waals surface area contributed by atoms with Crippen LogP contribution in [0, 0.1) is 0 Å². The number of halogens is 2. The highest BCUT2D eigenvalue weighted by atomic mass is 35.5. The first-order valence-corrected chi connectivity index (χ1v) is 5.04. The molecule has 0 aromatic carbocycles. The van der Waals surface area contributed by atoms with E-state index in [-0.39, 0.29) is 6.04 Å². The van der Waals surface area contributed by atoms with Crippen molar-refractivity contribution in [2.24, 2.45) is 0 Å². The SMILES string of the molecule is CC(C)n1c(Cl)nc2cnc(Cl)cc21. The van der Waals surface area contributed by atoms with Gasteiger partial charge in [0.1, 0.15) is 10.7 Å². The largest absolute Gasteiger partial charge is 0.312 e. The summed E-state index contributed by atoms with van der Waals surface area (Å²) in [5, 5.41) is 0.926. The summed E-state index contributed by atoms with van der Waals surface area (Å²) in [4.78, 5) is 8.13. The van der Waals surface area contributed by atoms with E-state index in [9.17, 15) is 0 Å². The molecule has 2 heterocycles. The normalized spacial score (nSPS) is 11.5. The van der Waals surface area contributed by atoms with Gasteiger partial charge in [0.25, 0.3) is 0 Å². The number of pyridine rings is 1. The van der Waals surface area contributed by atoms with Crippen molar-refractivity contribution in [2.45, 2.75) is 19.9 Å². The fourth-order valence-corrected chi connectivity index (χ4v) is 1.97. The summed E-state index contributed by atoms with van der Waals surface area (Å²) in [5.74, 6) is 0. The minimum Gasteiger partial charge on any atom is -0.312 e. The third-order valence-electron chi connectivity index (χ3n) is 2.02. The summed E-state index contributed by atoms with van der Waals surface area (Å²) in [6, 6.07) is 2.03. The molecular weight excluding hydrogens is 221 g/mol. The van der Waals surface area contributed by atoms with Crippen LogP contribution in [-0.4, -0.2) is 14.5 Å². The second-order valence-electron chi connectivity index (χ2n) is 3.34. The van der Waals surface area contributed by atoms with Crippen LogP contribution in [0.1, 0.15) is 19.9 Å². The van der Waals surface area contributed by atoms with Gasteiger partial charge in [-0.2, -0.15) is 0 Å². The molecule has 2 aromatic rings. The van der Waals surface area contributed by atoms with E-state index in [1.165, 1.54) is 0 Å². The molecule has 5 heteroatoms. The van der Waals surface area contributed by atoms with Gasteiger partial charge in [-0.15, -0.1) is 0 Å². The Kier molecular flexibility index (Phi) is 2.37. The first-order valence-electron chi connectivity index (χ1n) is 4.28. The van der Waals surface area contributed by atoms with Gasteiger partial charge < -0.3 is 4.57 Å². The van der Waals surface area contributed by atoms with Crippen LogP contribution in [0.2, 0.25) is 10.4 Å². The molecule has 0 bridgehead atoms. The standard InChI is InChI=1S/C9H9Cl2N3/c1-5(2)14-7-3-8(10)12-4-6(7)13-9(14)11/h3-5H,1-2H3. The van der Waals surface area contributed by atoms with Gasteiger partial charge in [-0.05, 0) is 25.4 Å². The highest BCUT2D eigenvalue weighted by Crippen LogP contribution is 2.25. The molecule has 0 saturated carbocycles. The lowest BCUT2D eigenvalue weighted by atomic mass is 10.3. The Morgan fingerprint density at radius 2 is 2.07 bits per heavy atom. The van der Waals surface area contributed by atoms with Gasteiger partial charge in [-0.3, -0.25) is 0 Å². The second kappa shape index (κ2) is 3.41. The summed E-state index contributed by atoms with van der Waals surface area (Å²) in [6.45, 7) is 4.09. The lowest BCUT2D eigenvalue weighted by Crippen LogP contribution is -2.00. The van der Waals surface area contributed by atoms with E-state index in [1.54, 1.807) is 12.3 Å². The first kappa shape index (κ1) is 9.74. The van der Waals surface area contributed by atoms with Crippen LogP contribution in [0.25, 0.3) is 11.0 Å². The van der Waals surface area contributed by atoms with Crippen molar-refractivity contribution >= 4 is 34.2 Å². The van der Waals surface area contributed by atoms with Crippen molar-refractivity contribution in [1.29, 1.82) is 0 Å². The van der Waals surface area contributed by atoms with E-state index in [4.69, 9.17) is 23.2 Å². The molecule has 2 rings (SSSR count). The van der Waals surface area contributed by atoms with Crippen molar-refractivity contribution in [2.75, 3.05) is 0 Å². The number of hydrogen-bond acceptors (Lipinski definition) is 2. The highest BCUT2D eigenvalue weighted by molar-refractivity contribution is 6.30. The Morgan fingerprint density at radius 3 is 2.71 bits per heavy atom. The zero-order valence-electron chi connectivity index (χ0n) is 7.83. The molecule has 0 N–H and O–H groups in total. The summed E-state index contributed by atoms with van der Waals surface area (Å²) in [5.41, 5.74) is 1.69. The Hall–Kier alpha value is -0.800. The van der Waals surface area contributed by atoms with Gasteiger partial charge in [0.15, 0.2) is 0 Å². The van der Waals surface area contributed by atoms with Crippen LogP contribution in [0.4, 0.5) is 0 Å². The van der Waals surface area contributed by atoms with E-state index in [1.807, 2.05) is 18.4 Å². The lowest BCUT2D eigenvalue weighted by molar-refractivity contribution is 0.618. The molecule has 0 aliphatic rings. The van der Waals surface area contributed by atoms with Crippen LogP contribution in [-0.2, 0) is 0 Å². The van der Waals surface area contributed by atoms with Crippen LogP contribution >= 0.6 is 23.2 Å². The summed E-state index contributed by atoms with van der Waals surface area (Å²) < 4.78 is 1.92. The van der Waals surface area contributed by atoms with Gasteiger partial charge in [0, 0.05) is 12.1 Å². The predicted octanol–water partition coefficient (Wildman–Crippen LogP) is 3.32. The number of nitrogens with zero attached hydrogens (tertiary/aromatic N) is 3. The topological polar surface area (TPSA) is 30.7 Å². The van der Waals surface area contributed by atoms with Crippen LogP contribution < -0.4 is 0 Å². The van der Waals surface area contributed by atoms with Gasteiger partial charge >= 0.3 is 0 Å². The molecular formula is C9H9Cl2N3. The molecule has 14 heavy (non-hydrogen) atoms. The van der Waals surface area contributed by atoms with Crippen molar-refractivity contribution in [1.82, 2.24) is 14.5 Å². The Balaban J connectivity index is 2.79. The van der Waals surface area contributed by atoms with E-state index in [0.717, 1.165) is 11.0 Å². The molecule has 0 unspecified atom stereocenters. The Morgan fingerprint density at radius 1 is 1.36 bits per heavy atom. The molecule has 0 saturated heterocycles. The Bertz CT molecular complexity index is 476. The minimum atomic E-state index is 0.256. The van der Waals surface area contributed by atoms with Crippen molar-refractivity contribution < 1.29 is 0 Å². The first-order chi connectivity index (χ1) is 6.59. The number of aromatic nitrogens is 3. The minimum absolute atomic E-state index is 0.256. The smallest absolute Gasteiger partial charge is 0.204 e. The average molecular weight is 230 g/mol. The highest BCUT2D eigenvalue weighted by Gasteiger charge is 2.11. The number of rotatable bonds is 1. The van der Waals surface area contributed by atoms with Crippen molar-refractivity contribution in [3.8, 4) is 0 Å². The lowest BCUT2D eigenvalue weighted by Gasteiger charge is -2.08. The summed E-state index contributed by atoms with van der Waals surface area (Å²) in [7, 11) is 0. The second-order valence-corrected chi connectivity index (χ2v) is 4.07. The van der Waals surface area contributed by atoms with E-state index in [2.05, 4.69) is 9.97 Å². The number of fused-ring (bicyclic) bond motifs is 1. The monoisotopic (exact) mass is 229 g/mol. The van der Waals surface area contributed by atoms with Crippen LogP contribution in [0.15, 0.2) is 12.3 Å². The molecule has 0 aliphatic heterocycles. The molecule has 0 spiro atoms. The predicted molar refractivity (Wildman–Crippen MR) is 57.9 cm³/mol. The van der Waals surface area contributed by atoms with Gasteiger partial charge in [-0.25, -0.2) is 9.97 Å². The molecule has 74 valence electrons. The van der Waals surface area contributed by atoms with E-state index < -0.39 is 0 Å². The Labute approximate surface area is 91.7 Å². The van der Waals surface area contributed by atoms with Gasteiger partial charge in [0.05, 0.1) is 11.7 Å². The molecule has 0 radical (unpaired) electrons. The third-order valence-corrected chi connectivity index (χ3v) is 2.49. The maximum absolute atomic E-state index is 6.00. The fourth-order valence-electron chi connectivity index (χ4n) is 1.44. The maximum atomic E-state index is 6.00. The van der Waals surface area contributed by atoms with Crippen LogP contribution in [0.5, 0.6) is 0 Å². The van der Waals surface area contributed by atoms with Gasteiger partial charge in [0.2, 0.25) is 5.28 Å². The molecule has 0 amide bonds. The van der Waals surface area contributed by atoms with Crippen molar-refractivity contribution in [3.05, 3.63) is 22.7 Å². The molecule has 2 aromatic heterocycles. The number of imidazole rings is 1. The molecule has 0 atom stereocenters. The molecule has 0 aliphatic carbocycles. The summed E-state index contributed by atoms with van der Waals surface area (Å²) in [6.07, 6.45) is 1.63. The average Bonchev–Trinajstić information content (AvgIpc) is 2.40. The molecule has 0 fully saturated rings. The fraction of sp³-hybridized carbons (Fsp3) is 0.333. The third kappa shape index (κ3) is 1.47. The quantitative estimate of drug-likeness (QED) is 0.703.